The van der Waals surface area contributed by atoms with Gasteiger partial charge in [0.15, 0.2) is 0 Å². The molecule has 0 saturated carbocycles. The summed E-state index contributed by atoms with van der Waals surface area (Å²) in [6, 6.07) is 21.8. The van der Waals surface area contributed by atoms with Crippen molar-refractivity contribution in [3.63, 3.8) is 0 Å². The molecular formula is C24H26N4O. The Bertz CT molecular complexity index is 1060. The fraction of sp³-hybridized carbons (Fsp3) is 0.250. The van der Waals surface area contributed by atoms with Crippen LogP contribution in [0.4, 0.5) is 0 Å². The number of hydrogen-bond donors (Lipinski definition) is 2. The number of aromatic nitrogens is 3. The van der Waals surface area contributed by atoms with Gasteiger partial charge in [0.2, 0.25) is 5.91 Å². The number of imidazole rings is 1. The highest BCUT2D eigenvalue weighted by molar-refractivity contribution is 5.78. The molecule has 0 unspecified atom stereocenters. The van der Waals surface area contributed by atoms with Gasteiger partial charge in [0.05, 0.1) is 11.0 Å². The van der Waals surface area contributed by atoms with Crippen molar-refractivity contribution in [1.29, 1.82) is 0 Å². The van der Waals surface area contributed by atoms with E-state index in [2.05, 4.69) is 40.8 Å². The minimum atomic E-state index is -0.300. The van der Waals surface area contributed by atoms with Crippen LogP contribution >= 0.6 is 0 Å². The maximum absolute atomic E-state index is 12.8. The van der Waals surface area contributed by atoms with Crippen molar-refractivity contribution in [3.8, 4) is 0 Å². The van der Waals surface area contributed by atoms with Crippen LogP contribution in [0.25, 0.3) is 11.0 Å². The number of H-pyrrole nitrogens is 1. The normalized spacial score (nSPS) is 12.2. The number of benzene rings is 2. The Kier molecular flexibility index (Phi) is 5.47. The molecule has 4 aromatic rings. The van der Waals surface area contributed by atoms with Crippen molar-refractivity contribution in [3.05, 3.63) is 89.5 Å². The Morgan fingerprint density at radius 3 is 2.41 bits per heavy atom. The standard InChI is InChI=1S/C24H26N4O/c1-17-14-15-18(2)28(17)16-8-13-22(29)27-23(19-9-4-3-5-10-19)24-25-20-11-6-7-12-21(20)26-24/h3-7,9-12,14-15,23H,8,13,16H2,1-2H3,(H,25,26)(H,27,29)/t23-/m1/s1. The molecule has 0 radical (unpaired) electrons. The number of carbonyl (C=O) groups excluding carboxylic acids is 1. The number of hydrogen-bond acceptors (Lipinski definition) is 2. The van der Waals surface area contributed by atoms with E-state index >= 15 is 0 Å². The van der Waals surface area contributed by atoms with Gasteiger partial charge in [0, 0.05) is 24.4 Å². The minimum Gasteiger partial charge on any atom is -0.349 e. The van der Waals surface area contributed by atoms with Gasteiger partial charge >= 0.3 is 0 Å². The van der Waals surface area contributed by atoms with Crippen LogP contribution in [-0.2, 0) is 11.3 Å². The molecule has 4 rings (SSSR count). The van der Waals surface area contributed by atoms with Gasteiger partial charge < -0.3 is 14.9 Å². The van der Waals surface area contributed by atoms with E-state index in [4.69, 9.17) is 4.98 Å². The number of fused-ring (bicyclic) bond motifs is 1. The summed E-state index contributed by atoms with van der Waals surface area (Å²) >= 11 is 0. The zero-order valence-corrected chi connectivity index (χ0v) is 16.9. The molecule has 0 bridgehead atoms. The zero-order chi connectivity index (χ0) is 20.2. The molecule has 0 fully saturated rings. The van der Waals surface area contributed by atoms with Crippen LogP contribution < -0.4 is 5.32 Å². The molecule has 1 amide bonds. The van der Waals surface area contributed by atoms with E-state index in [1.165, 1.54) is 11.4 Å². The van der Waals surface area contributed by atoms with Gasteiger partial charge in [-0.25, -0.2) is 4.98 Å². The predicted molar refractivity (Wildman–Crippen MR) is 116 cm³/mol. The monoisotopic (exact) mass is 386 g/mol. The van der Waals surface area contributed by atoms with Crippen molar-refractivity contribution in [2.75, 3.05) is 0 Å². The van der Waals surface area contributed by atoms with Gasteiger partial charge in [0.1, 0.15) is 11.9 Å². The van der Waals surface area contributed by atoms with Crippen LogP contribution in [0.5, 0.6) is 0 Å². The molecule has 0 spiro atoms. The van der Waals surface area contributed by atoms with E-state index in [0.717, 1.165) is 35.4 Å². The third-order valence-corrected chi connectivity index (χ3v) is 5.32. The smallest absolute Gasteiger partial charge is 0.220 e. The average Bonchev–Trinajstić information content (AvgIpc) is 3.30. The number of aromatic amines is 1. The molecule has 2 aromatic heterocycles. The van der Waals surface area contributed by atoms with E-state index in [1.54, 1.807) is 0 Å². The van der Waals surface area contributed by atoms with Gasteiger partial charge in [-0.1, -0.05) is 42.5 Å². The van der Waals surface area contributed by atoms with Crippen molar-refractivity contribution in [1.82, 2.24) is 19.9 Å². The van der Waals surface area contributed by atoms with E-state index in [9.17, 15) is 4.79 Å². The zero-order valence-electron chi connectivity index (χ0n) is 16.9. The summed E-state index contributed by atoms with van der Waals surface area (Å²) in [4.78, 5) is 20.8. The number of nitrogens with zero attached hydrogens (tertiary/aromatic N) is 2. The van der Waals surface area contributed by atoms with E-state index in [0.29, 0.717) is 6.42 Å². The second-order valence-electron chi connectivity index (χ2n) is 7.42. The lowest BCUT2D eigenvalue weighted by Gasteiger charge is -2.17. The third kappa shape index (κ3) is 4.24. The second kappa shape index (κ2) is 8.35. The quantitative estimate of drug-likeness (QED) is 0.485. The molecule has 1 atom stereocenters. The number of carbonyl (C=O) groups is 1. The highest BCUT2D eigenvalue weighted by atomic mass is 16.1. The topological polar surface area (TPSA) is 62.7 Å². The maximum atomic E-state index is 12.8. The number of amides is 1. The van der Waals surface area contributed by atoms with Gasteiger partial charge in [-0.15, -0.1) is 0 Å². The Morgan fingerprint density at radius 1 is 1.00 bits per heavy atom. The van der Waals surface area contributed by atoms with Crippen molar-refractivity contribution in [2.45, 2.75) is 39.3 Å². The Morgan fingerprint density at radius 2 is 1.69 bits per heavy atom. The van der Waals surface area contributed by atoms with Crippen LogP contribution in [0.3, 0.4) is 0 Å². The van der Waals surface area contributed by atoms with Gasteiger partial charge in [-0.2, -0.15) is 0 Å². The first kappa shape index (κ1) is 19.0. The Labute approximate surface area is 170 Å². The number of para-hydroxylation sites is 2. The van der Waals surface area contributed by atoms with Crippen molar-refractivity contribution in [2.24, 2.45) is 0 Å². The summed E-state index contributed by atoms with van der Waals surface area (Å²) in [5.41, 5.74) is 5.34. The van der Waals surface area contributed by atoms with Crippen LogP contribution in [0.15, 0.2) is 66.7 Å². The summed E-state index contributed by atoms with van der Waals surface area (Å²) < 4.78 is 2.25. The maximum Gasteiger partial charge on any atom is 0.220 e. The van der Waals surface area contributed by atoms with E-state index in [-0.39, 0.29) is 11.9 Å². The Hall–Kier alpha value is -3.34. The fourth-order valence-corrected chi connectivity index (χ4v) is 3.75. The van der Waals surface area contributed by atoms with Crippen LogP contribution in [0.2, 0.25) is 0 Å². The second-order valence-corrected chi connectivity index (χ2v) is 7.42. The summed E-state index contributed by atoms with van der Waals surface area (Å²) in [6.45, 7) is 5.04. The van der Waals surface area contributed by atoms with Crippen molar-refractivity contribution >= 4 is 16.9 Å². The molecule has 29 heavy (non-hydrogen) atoms. The molecule has 0 aliphatic rings. The highest BCUT2D eigenvalue weighted by Crippen LogP contribution is 2.22. The number of rotatable bonds is 7. The van der Waals surface area contributed by atoms with E-state index < -0.39 is 0 Å². The molecule has 0 saturated heterocycles. The SMILES string of the molecule is Cc1ccc(C)n1CCCC(=O)N[C@H](c1ccccc1)c1nc2ccccc2[nH]1. The lowest BCUT2D eigenvalue weighted by molar-refractivity contribution is -0.121. The molecule has 5 nitrogen and oxygen atoms in total. The average molecular weight is 386 g/mol. The summed E-state index contributed by atoms with van der Waals surface area (Å²) in [5, 5.41) is 3.18. The third-order valence-electron chi connectivity index (χ3n) is 5.32. The molecule has 2 N–H and O–H groups in total. The molecular weight excluding hydrogens is 360 g/mol. The lowest BCUT2D eigenvalue weighted by atomic mass is 10.1. The summed E-state index contributed by atoms with van der Waals surface area (Å²) in [5.74, 6) is 0.782. The first-order valence-electron chi connectivity index (χ1n) is 10.0. The van der Waals surface area contributed by atoms with Crippen LogP contribution in [-0.4, -0.2) is 20.4 Å². The van der Waals surface area contributed by atoms with Gasteiger partial charge in [0.25, 0.3) is 0 Å². The predicted octanol–water partition coefficient (Wildman–Crippen LogP) is 4.67. The van der Waals surface area contributed by atoms with Crippen LogP contribution in [0.1, 0.15) is 41.7 Å². The first-order valence-corrected chi connectivity index (χ1v) is 10.0. The molecule has 0 aliphatic carbocycles. The molecule has 2 heterocycles. The number of aryl methyl sites for hydroxylation is 2. The lowest BCUT2D eigenvalue weighted by Crippen LogP contribution is -2.30. The van der Waals surface area contributed by atoms with Crippen LogP contribution in [0, 0.1) is 13.8 Å². The molecule has 5 heteroatoms. The number of nitrogens with one attached hydrogen (secondary N) is 2. The fourth-order valence-electron chi connectivity index (χ4n) is 3.75. The molecule has 2 aromatic carbocycles. The van der Waals surface area contributed by atoms with Gasteiger partial charge in [-0.3, -0.25) is 4.79 Å². The first-order chi connectivity index (χ1) is 14.1. The highest BCUT2D eigenvalue weighted by Gasteiger charge is 2.20. The largest absolute Gasteiger partial charge is 0.349 e. The van der Waals surface area contributed by atoms with E-state index in [1.807, 2.05) is 54.6 Å². The summed E-state index contributed by atoms with van der Waals surface area (Å²) in [7, 11) is 0. The van der Waals surface area contributed by atoms with Gasteiger partial charge in [-0.05, 0) is 50.1 Å². The Balaban J connectivity index is 1.49. The molecule has 0 aliphatic heterocycles. The summed E-state index contributed by atoms with van der Waals surface area (Å²) in [6.07, 6.45) is 1.27. The minimum absolute atomic E-state index is 0.0294. The van der Waals surface area contributed by atoms with Crippen molar-refractivity contribution < 1.29 is 4.79 Å². The molecule has 148 valence electrons.